The molecule has 2 unspecified atom stereocenters. The van der Waals surface area contributed by atoms with E-state index in [2.05, 4.69) is 171 Å². The lowest BCUT2D eigenvalue weighted by Gasteiger charge is -2.42. The Morgan fingerprint density at radius 3 is 2.05 bits per heavy atom. The Morgan fingerprint density at radius 2 is 1.39 bits per heavy atom. The fourth-order valence-corrected chi connectivity index (χ4v) is 9.11. The SMILES string of the molecule is C=Cc1ccccc1.CC1=CC=C(N(C2C=C3C(=CC2)C(C)(C)c2ccccc23)C2C=Cc3c(n(-c4ccccc4)c4ccccc34)C2)CC1.Cc1ccccc1. The molecular formula is C55H54N2. The van der Waals surface area contributed by atoms with Gasteiger partial charge in [-0.3, -0.25) is 0 Å². The van der Waals surface area contributed by atoms with E-state index in [1.807, 2.05) is 54.6 Å². The number of aryl methyl sites for hydroxylation is 1. The van der Waals surface area contributed by atoms with Crippen molar-refractivity contribution >= 4 is 28.6 Å². The summed E-state index contributed by atoms with van der Waals surface area (Å²) in [5.41, 5.74) is 16.6. The van der Waals surface area contributed by atoms with Gasteiger partial charge in [-0.25, -0.2) is 0 Å². The van der Waals surface area contributed by atoms with Gasteiger partial charge in [-0.1, -0.05) is 189 Å². The van der Waals surface area contributed by atoms with Gasteiger partial charge in [0, 0.05) is 39.9 Å². The summed E-state index contributed by atoms with van der Waals surface area (Å²) in [4.78, 5) is 2.77. The first kappa shape index (κ1) is 37.8. The first-order valence-corrected chi connectivity index (χ1v) is 20.6. The van der Waals surface area contributed by atoms with Crippen molar-refractivity contribution < 1.29 is 0 Å². The monoisotopic (exact) mass is 742 g/mol. The van der Waals surface area contributed by atoms with Gasteiger partial charge < -0.3 is 9.47 Å². The molecule has 2 atom stereocenters. The number of benzene rings is 5. The number of rotatable bonds is 5. The lowest BCUT2D eigenvalue weighted by molar-refractivity contribution is 0.233. The minimum atomic E-state index is 0.0540. The van der Waals surface area contributed by atoms with E-state index in [4.69, 9.17) is 0 Å². The lowest BCUT2D eigenvalue weighted by Crippen LogP contribution is -2.44. The zero-order valence-electron chi connectivity index (χ0n) is 33.9. The highest BCUT2D eigenvalue weighted by Gasteiger charge is 2.41. The Labute approximate surface area is 340 Å². The van der Waals surface area contributed by atoms with Gasteiger partial charge >= 0.3 is 0 Å². The maximum Gasteiger partial charge on any atom is 0.0537 e. The second-order valence-electron chi connectivity index (χ2n) is 16.2. The molecule has 57 heavy (non-hydrogen) atoms. The molecule has 0 radical (unpaired) electrons. The molecule has 5 aromatic carbocycles. The van der Waals surface area contributed by atoms with Gasteiger partial charge in [-0.15, -0.1) is 0 Å². The Morgan fingerprint density at radius 1 is 0.719 bits per heavy atom. The summed E-state index contributed by atoms with van der Waals surface area (Å²) >= 11 is 0. The van der Waals surface area contributed by atoms with Crippen LogP contribution in [0.5, 0.6) is 0 Å². The van der Waals surface area contributed by atoms with Crippen LogP contribution >= 0.6 is 0 Å². The molecule has 0 saturated carbocycles. The van der Waals surface area contributed by atoms with Crippen LogP contribution in [0.1, 0.15) is 73.5 Å². The van der Waals surface area contributed by atoms with Crippen LogP contribution in [0.25, 0.3) is 34.3 Å². The zero-order chi connectivity index (χ0) is 39.4. The number of allylic oxidation sites excluding steroid dienone is 6. The van der Waals surface area contributed by atoms with Gasteiger partial charge in [0.05, 0.1) is 17.6 Å². The predicted molar refractivity (Wildman–Crippen MR) is 244 cm³/mol. The van der Waals surface area contributed by atoms with Crippen LogP contribution in [0.15, 0.2) is 193 Å². The van der Waals surface area contributed by atoms with Crippen molar-refractivity contribution in [1.82, 2.24) is 9.47 Å². The van der Waals surface area contributed by atoms with E-state index < -0.39 is 0 Å². The topological polar surface area (TPSA) is 8.17 Å². The van der Waals surface area contributed by atoms with Crippen LogP contribution in [-0.2, 0) is 11.8 Å². The van der Waals surface area contributed by atoms with Crippen LogP contribution in [-0.4, -0.2) is 21.6 Å². The van der Waals surface area contributed by atoms with Crippen LogP contribution in [0.3, 0.4) is 0 Å². The minimum absolute atomic E-state index is 0.0540. The van der Waals surface area contributed by atoms with E-state index in [9.17, 15) is 0 Å². The smallest absolute Gasteiger partial charge is 0.0537 e. The number of para-hydroxylation sites is 2. The van der Waals surface area contributed by atoms with E-state index in [0.717, 1.165) is 25.7 Å². The van der Waals surface area contributed by atoms with Crippen LogP contribution in [0.4, 0.5) is 0 Å². The minimum Gasteiger partial charge on any atom is -0.361 e. The average molecular weight is 743 g/mol. The third-order valence-corrected chi connectivity index (χ3v) is 12.1. The Bertz CT molecular complexity index is 2520. The van der Waals surface area contributed by atoms with Gasteiger partial charge in [0.15, 0.2) is 0 Å². The van der Waals surface area contributed by atoms with Gasteiger partial charge in [0.1, 0.15) is 0 Å². The Kier molecular flexibility index (Phi) is 11.0. The third kappa shape index (κ3) is 7.70. The van der Waals surface area contributed by atoms with Crippen LogP contribution in [0, 0.1) is 6.92 Å². The van der Waals surface area contributed by atoms with Crippen molar-refractivity contribution in [2.24, 2.45) is 0 Å². The largest absolute Gasteiger partial charge is 0.361 e. The molecule has 0 spiro atoms. The zero-order valence-corrected chi connectivity index (χ0v) is 33.9. The molecule has 0 saturated heterocycles. The molecule has 0 fully saturated rings. The quantitative estimate of drug-likeness (QED) is 0.171. The normalized spacial score (nSPS) is 18.5. The first-order chi connectivity index (χ1) is 27.8. The number of fused-ring (bicyclic) bond motifs is 6. The van der Waals surface area contributed by atoms with Crippen molar-refractivity contribution in [3.05, 3.63) is 227 Å². The standard InChI is InChI=1S/C40H38N2.C8H8.C7H8/c1-27-17-19-29(20-18-27)41(30-22-24-37-35(25-30)32-13-7-9-15-36(32)40(37,2)3)31-21-23-34-33-14-8-10-16-38(33)42(39(34)26-31)28-11-5-4-6-12-28;1-2-8-6-4-3-5-7-8;1-7-5-3-2-4-6-7/h4-17,19,21,23-25,30-31H,18,20,22,26H2,1-3H3;2-7H,1H2;2-6H,1H3. The van der Waals surface area contributed by atoms with Crippen LogP contribution < -0.4 is 0 Å². The maximum absolute atomic E-state index is 3.63. The van der Waals surface area contributed by atoms with Crippen LogP contribution in [0.2, 0.25) is 0 Å². The molecule has 10 rings (SSSR count). The summed E-state index contributed by atoms with van der Waals surface area (Å²) in [5, 5.41) is 1.34. The Balaban J connectivity index is 0.000000254. The predicted octanol–water partition coefficient (Wildman–Crippen LogP) is 13.9. The molecule has 2 nitrogen and oxygen atoms in total. The molecule has 284 valence electrons. The molecule has 1 heterocycles. The second kappa shape index (κ2) is 16.5. The molecule has 1 aromatic heterocycles. The van der Waals surface area contributed by atoms with E-state index in [1.165, 1.54) is 72.5 Å². The van der Waals surface area contributed by atoms with Crippen molar-refractivity contribution in [1.29, 1.82) is 0 Å². The lowest BCUT2D eigenvalue weighted by atomic mass is 9.79. The molecule has 4 aliphatic carbocycles. The summed E-state index contributed by atoms with van der Waals surface area (Å²) in [7, 11) is 0. The van der Waals surface area contributed by atoms with Crippen molar-refractivity contribution in [2.45, 2.75) is 70.9 Å². The average Bonchev–Trinajstić information content (AvgIpc) is 3.71. The molecule has 6 aromatic rings. The van der Waals surface area contributed by atoms with E-state index in [1.54, 1.807) is 0 Å². The Hall–Kier alpha value is -6.12. The number of aromatic nitrogens is 1. The van der Waals surface area contributed by atoms with Crippen molar-refractivity contribution in [3.63, 3.8) is 0 Å². The van der Waals surface area contributed by atoms with Gasteiger partial charge in [-0.2, -0.15) is 0 Å². The molecule has 0 amide bonds. The summed E-state index contributed by atoms with van der Waals surface area (Å²) in [6, 6.07) is 49.7. The van der Waals surface area contributed by atoms with Gasteiger partial charge in [-0.05, 0) is 85.2 Å². The van der Waals surface area contributed by atoms with Gasteiger partial charge in [0.2, 0.25) is 0 Å². The molecular weight excluding hydrogens is 689 g/mol. The van der Waals surface area contributed by atoms with Gasteiger partial charge in [0.25, 0.3) is 0 Å². The van der Waals surface area contributed by atoms with Crippen molar-refractivity contribution in [2.75, 3.05) is 0 Å². The third-order valence-electron chi connectivity index (χ3n) is 12.1. The fourth-order valence-electron chi connectivity index (χ4n) is 9.11. The number of nitrogens with zero attached hydrogens (tertiary/aromatic N) is 2. The van der Waals surface area contributed by atoms with E-state index in [0.29, 0.717) is 6.04 Å². The summed E-state index contributed by atoms with van der Waals surface area (Å²) in [6.07, 6.45) is 20.9. The summed E-state index contributed by atoms with van der Waals surface area (Å²) < 4.78 is 2.51. The number of hydrogen-bond donors (Lipinski definition) is 0. The first-order valence-electron chi connectivity index (χ1n) is 20.6. The highest BCUT2D eigenvalue weighted by molar-refractivity contribution is 5.94. The highest BCUT2D eigenvalue weighted by Crippen LogP contribution is 2.52. The van der Waals surface area contributed by atoms with E-state index >= 15 is 0 Å². The molecule has 2 heteroatoms. The summed E-state index contributed by atoms with van der Waals surface area (Å²) in [6.45, 7) is 12.8. The van der Waals surface area contributed by atoms with E-state index in [-0.39, 0.29) is 11.5 Å². The number of hydrogen-bond acceptors (Lipinski definition) is 1. The van der Waals surface area contributed by atoms with Crippen molar-refractivity contribution in [3.8, 4) is 5.69 Å². The second-order valence-corrected chi connectivity index (χ2v) is 16.2. The fraction of sp³-hybridized carbons (Fsp3) is 0.200. The summed E-state index contributed by atoms with van der Waals surface area (Å²) in [5.74, 6) is 0. The maximum atomic E-state index is 3.63. The molecule has 4 aliphatic rings. The molecule has 0 aliphatic heterocycles. The molecule has 0 bridgehead atoms. The molecule has 0 N–H and O–H groups in total. The highest BCUT2D eigenvalue weighted by atomic mass is 15.2.